The fourth-order valence-corrected chi connectivity index (χ4v) is 2.72. The molecule has 1 aromatic rings. The second-order valence-corrected chi connectivity index (χ2v) is 5.60. The molecular weight excluding hydrogens is 274 g/mol. The summed E-state index contributed by atoms with van der Waals surface area (Å²) < 4.78 is 16.5. The highest BCUT2D eigenvalue weighted by Crippen LogP contribution is 2.40. The van der Waals surface area contributed by atoms with Crippen molar-refractivity contribution in [2.24, 2.45) is 0 Å². The molecule has 2 rings (SSSR count). The molecule has 6 nitrogen and oxygen atoms in total. The topological polar surface area (TPSA) is 81.0 Å². The van der Waals surface area contributed by atoms with Crippen molar-refractivity contribution in [1.29, 1.82) is 0 Å². The zero-order valence-electron chi connectivity index (χ0n) is 12.9. The third kappa shape index (κ3) is 2.89. The normalized spacial score (nSPS) is 23.8. The number of pyridine rings is 1. The Labute approximate surface area is 124 Å². The number of nitrogens with zero attached hydrogens (tertiary/aromatic N) is 1. The van der Waals surface area contributed by atoms with Gasteiger partial charge in [0.05, 0.1) is 20.3 Å². The van der Waals surface area contributed by atoms with Crippen LogP contribution in [-0.4, -0.2) is 40.8 Å². The fourth-order valence-electron chi connectivity index (χ4n) is 2.72. The standard InChI is InChI=1S/C15H23NO5/c1-5-15(18,12-9-20-14(2,3)21-12)11-6-7-16-13(19-4)10(11)8-17/h6-7,12,17-18H,5,8-9H2,1-4H3/t12-,15?/m0/s1. The Kier molecular flexibility index (Phi) is 4.53. The highest BCUT2D eigenvalue weighted by Gasteiger charge is 2.47. The Balaban J connectivity index is 2.46. The Bertz CT molecular complexity index is 505. The van der Waals surface area contributed by atoms with E-state index in [4.69, 9.17) is 14.2 Å². The average Bonchev–Trinajstić information content (AvgIpc) is 2.86. The molecule has 1 unspecified atom stereocenters. The minimum absolute atomic E-state index is 0.272. The summed E-state index contributed by atoms with van der Waals surface area (Å²) in [7, 11) is 1.48. The van der Waals surface area contributed by atoms with Gasteiger partial charge in [-0.05, 0) is 31.9 Å². The van der Waals surface area contributed by atoms with Gasteiger partial charge in [-0.15, -0.1) is 0 Å². The van der Waals surface area contributed by atoms with Crippen LogP contribution in [-0.2, 0) is 21.7 Å². The van der Waals surface area contributed by atoms with Gasteiger partial charge in [0.25, 0.3) is 0 Å². The smallest absolute Gasteiger partial charge is 0.218 e. The summed E-state index contributed by atoms with van der Waals surface area (Å²) in [5, 5.41) is 20.8. The maximum Gasteiger partial charge on any atom is 0.218 e. The van der Waals surface area contributed by atoms with Gasteiger partial charge in [-0.3, -0.25) is 0 Å². The SMILES string of the molecule is CCC(O)(c1ccnc(OC)c1CO)[C@@H]1COC(C)(C)O1. The molecule has 0 saturated carbocycles. The molecule has 0 aliphatic carbocycles. The third-order valence-electron chi connectivity index (χ3n) is 3.91. The van der Waals surface area contributed by atoms with Gasteiger partial charge < -0.3 is 24.4 Å². The Hall–Kier alpha value is -1.21. The quantitative estimate of drug-likeness (QED) is 0.853. The number of aliphatic hydroxyl groups excluding tert-OH is 1. The number of hydrogen-bond donors (Lipinski definition) is 2. The van der Waals surface area contributed by atoms with E-state index in [0.717, 1.165) is 0 Å². The first-order valence-corrected chi connectivity index (χ1v) is 7.05. The van der Waals surface area contributed by atoms with Gasteiger partial charge in [0, 0.05) is 11.8 Å². The van der Waals surface area contributed by atoms with E-state index >= 15 is 0 Å². The second-order valence-electron chi connectivity index (χ2n) is 5.60. The lowest BCUT2D eigenvalue weighted by Gasteiger charge is -2.34. The maximum absolute atomic E-state index is 11.2. The number of ether oxygens (including phenoxy) is 3. The summed E-state index contributed by atoms with van der Waals surface area (Å²) in [6.07, 6.45) is 1.45. The van der Waals surface area contributed by atoms with E-state index in [1.54, 1.807) is 12.3 Å². The molecule has 0 amide bonds. The first-order valence-electron chi connectivity index (χ1n) is 7.05. The molecule has 0 bridgehead atoms. The zero-order chi connectivity index (χ0) is 15.7. The van der Waals surface area contributed by atoms with Crippen molar-refractivity contribution in [3.63, 3.8) is 0 Å². The Morgan fingerprint density at radius 1 is 1.52 bits per heavy atom. The summed E-state index contributed by atoms with van der Waals surface area (Å²) in [5.41, 5.74) is -0.245. The van der Waals surface area contributed by atoms with Crippen molar-refractivity contribution in [1.82, 2.24) is 4.98 Å². The summed E-state index contributed by atoms with van der Waals surface area (Å²) >= 11 is 0. The largest absolute Gasteiger partial charge is 0.481 e. The maximum atomic E-state index is 11.2. The molecule has 0 aromatic carbocycles. The molecular formula is C15H23NO5. The van der Waals surface area contributed by atoms with Gasteiger partial charge in [-0.1, -0.05) is 6.92 Å². The molecule has 2 atom stereocenters. The van der Waals surface area contributed by atoms with Gasteiger partial charge in [-0.2, -0.15) is 0 Å². The van der Waals surface area contributed by atoms with E-state index in [-0.39, 0.29) is 13.2 Å². The fraction of sp³-hybridized carbons (Fsp3) is 0.667. The summed E-state index contributed by atoms with van der Waals surface area (Å²) in [6.45, 7) is 5.49. The summed E-state index contributed by atoms with van der Waals surface area (Å²) in [4.78, 5) is 4.07. The molecule has 2 heterocycles. The minimum atomic E-state index is -1.28. The van der Waals surface area contributed by atoms with E-state index in [2.05, 4.69) is 4.98 Å². The van der Waals surface area contributed by atoms with Crippen molar-refractivity contribution < 1.29 is 24.4 Å². The van der Waals surface area contributed by atoms with E-state index in [0.29, 0.717) is 23.4 Å². The van der Waals surface area contributed by atoms with Crippen LogP contribution in [0.1, 0.15) is 38.3 Å². The van der Waals surface area contributed by atoms with Gasteiger partial charge in [0.1, 0.15) is 11.7 Å². The number of methoxy groups -OCH3 is 1. The number of aromatic nitrogens is 1. The van der Waals surface area contributed by atoms with Crippen LogP contribution < -0.4 is 4.74 Å². The molecule has 1 aromatic heterocycles. The minimum Gasteiger partial charge on any atom is -0.481 e. The molecule has 1 aliphatic rings. The third-order valence-corrected chi connectivity index (χ3v) is 3.91. The van der Waals surface area contributed by atoms with Crippen molar-refractivity contribution in [2.75, 3.05) is 13.7 Å². The molecule has 1 aliphatic heterocycles. The monoisotopic (exact) mass is 297 g/mol. The van der Waals surface area contributed by atoms with E-state index in [9.17, 15) is 10.2 Å². The van der Waals surface area contributed by atoms with Gasteiger partial charge in [0.2, 0.25) is 5.88 Å². The molecule has 0 spiro atoms. The van der Waals surface area contributed by atoms with Crippen LogP contribution in [0.4, 0.5) is 0 Å². The second kappa shape index (κ2) is 5.88. The Morgan fingerprint density at radius 2 is 2.24 bits per heavy atom. The first-order chi connectivity index (χ1) is 9.88. The lowest BCUT2D eigenvalue weighted by molar-refractivity contribution is -0.173. The lowest BCUT2D eigenvalue weighted by Crippen LogP contribution is -2.42. The predicted molar refractivity (Wildman–Crippen MR) is 75.8 cm³/mol. The first kappa shape index (κ1) is 16.2. The predicted octanol–water partition coefficient (Wildman–Crippen LogP) is 1.33. The Morgan fingerprint density at radius 3 is 2.71 bits per heavy atom. The molecule has 1 fully saturated rings. The molecule has 0 radical (unpaired) electrons. The van der Waals surface area contributed by atoms with Crippen molar-refractivity contribution in [3.05, 3.63) is 23.4 Å². The lowest BCUT2D eigenvalue weighted by atomic mass is 9.83. The van der Waals surface area contributed by atoms with Gasteiger partial charge in [-0.25, -0.2) is 4.98 Å². The zero-order valence-corrected chi connectivity index (χ0v) is 12.9. The molecule has 6 heteroatoms. The van der Waals surface area contributed by atoms with Crippen LogP contribution in [0.3, 0.4) is 0 Å². The van der Waals surface area contributed by atoms with Crippen LogP contribution in [0.15, 0.2) is 12.3 Å². The molecule has 21 heavy (non-hydrogen) atoms. The van der Waals surface area contributed by atoms with Crippen LogP contribution in [0.25, 0.3) is 0 Å². The number of aliphatic hydroxyl groups is 2. The van der Waals surface area contributed by atoms with Crippen LogP contribution in [0.5, 0.6) is 5.88 Å². The van der Waals surface area contributed by atoms with Crippen LogP contribution >= 0.6 is 0 Å². The van der Waals surface area contributed by atoms with Crippen LogP contribution in [0.2, 0.25) is 0 Å². The van der Waals surface area contributed by atoms with Crippen molar-refractivity contribution >= 4 is 0 Å². The average molecular weight is 297 g/mol. The molecule has 1 saturated heterocycles. The number of rotatable bonds is 5. The van der Waals surface area contributed by atoms with Gasteiger partial charge >= 0.3 is 0 Å². The highest BCUT2D eigenvalue weighted by molar-refractivity contribution is 5.39. The van der Waals surface area contributed by atoms with Crippen LogP contribution in [0, 0.1) is 0 Å². The van der Waals surface area contributed by atoms with Crippen molar-refractivity contribution in [3.8, 4) is 5.88 Å². The van der Waals surface area contributed by atoms with E-state index in [1.807, 2.05) is 20.8 Å². The number of hydrogen-bond acceptors (Lipinski definition) is 6. The summed E-state index contributed by atoms with van der Waals surface area (Å²) in [6, 6.07) is 1.69. The molecule has 2 N–H and O–H groups in total. The van der Waals surface area contributed by atoms with Gasteiger partial charge in [0.15, 0.2) is 5.79 Å². The van der Waals surface area contributed by atoms with E-state index in [1.165, 1.54) is 7.11 Å². The van der Waals surface area contributed by atoms with E-state index < -0.39 is 17.5 Å². The molecule has 118 valence electrons. The summed E-state index contributed by atoms with van der Waals surface area (Å²) in [5.74, 6) is -0.426. The highest BCUT2D eigenvalue weighted by atomic mass is 16.7. The van der Waals surface area contributed by atoms with Crippen molar-refractivity contribution in [2.45, 2.75) is 51.3 Å².